The first kappa shape index (κ1) is 43.6. The molecule has 0 amide bonds. The molecule has 274 valence electrons. The van der Waals surface area contributed by atoms with E-state index in [9.17, 15) is 0 Å². The van der Waals surface area contributed by atoms with Gasteiger partial charge in [0.05, 0.1) is 6.61 Å². The Balaban J connectivity index is 2.01. The van der Waals surface area contributed by atoms with Gasteiger partial charge in [0, 0.05) is 13.2 Å². The van der Waals surface area contributed by atoms with E-state index in [1.807, 2.05) is 0 Å². The second-order valence-electron chi connectivity index (χ2n) is 14.7. The van der Waals surface area contributed by atoms with Crippen LogP contribution < -0.4 is 0 Å². The van der Waals surface area contributed by atoms with Crippen LogP contribution in [-0.4, -0.2) is 44.0 Å². The summed E-state index contributed by atoms with van der Waals surface area (Å²) in [6, 6.07) is 0. The molecule has 0 aromatic carbocycles. The number of hydrogen-bond donors (Lipinski definition) is 0. The third-order valence-electron chi connectivity index (χ3n) is 10.1. The van der Waals surface area contributed by atoms with Crippen molar-refractivity contribution < 1.29 is 9.47 Å². The van der Waals surface area contributed by atoms with Crippen molar-refractivity contribution in [1.29, 1.82) is 0 Å². The molecule has 0 aromatic heterocycles. The summed E-state index contributed by atoms with van der Waals surface area (Å²) in [5.41, 5.74) is 0. The SMILES string of the molecule is CCCCCCCCC=CCCCCCCCCCC(OCCCCCCCCCCCCCCCC)OCCCN1CCCC1. The van der Waals surface area contributed by atoms with E-state index >= 15 is 0 Å². The lowest BCUT2D eigenvalue weighted by molar-refractivity contribution is -0.148. The summed E-state index contributed by atoms with van der Waals surface area (Å²) < 4.78 is 12.6. The molecule has 3 nitrogen and oxygen atoms in total. The molecule has 0 saturated carbocycles. The number of unbranched alkanes of at least 4 members (excludes halogenated alkanes) is 26. The van der Waals surface area contributed by atoms with Gasteiger partial charge in [-0.2, -0.15) is 0 Å². The molecule has 3 heteroatoms. The molecule has 0 bridgehead atoms. The first-order valence-corrected chi connectivity index (χ1v) is 21.5. The smallest absolute Gasteiger partial charge is 0.157 e. The normalized spacial score (nSPS) is 14.7. The van der Waals surface area contributed by atoms with Crippen molar-refractivity contribution in [3.63, 3.8) is 0 Å². The zero-order valence-corrected chi connectivity index (χ0v) is 31.9. The fourth-order valence-electron chi connectivity index (χ4n) is 6.97. The van der Waals surface area contributed by atoms with Gasteiger partial charge in [-0.25, -0.2) is 0 Å². The van der Waals surface area contributed by atoms with Gasteiger partial charge in [-0.05, 0) is 77.3 Å². The van der Waals surface area contributed by atoms with Gasteiger partial charge in [0.1, 0.15) is 0 Å². The zero-order chi connectivity index (χ0) is 32.9. The van der Waals surface area contributed by atoms with Crippen LogP contribution in [0.3, 0.4) is 0 Å². The number of likely N-dealkylation sites (tertiary alicyclic amines) is 1. The Morgan fingerprint density at radius 3 is 1.26 bits per heavy atom. The van der Waals surface area contributed by atoms with Crippen LogP contribution >= 0.6 is 0 Å². The average molecular weight is 648 g/mol. The van der Waals surface area contributed by atoms with Crippen LogP contribution in [0.5, 0.6) is 0 Å². The Labute approximate surface area is 290 Å². The van der Waals surface area contributed by atoms with Crippen molar-refractivity contribution in [2.24, 2.45) is 0 Å². The molecule has 1 unspecified atom stereocenters. The molecule has 1 atom stereocenters. The van der Waals surface area contributed by atoms with Crippen molar-refractivity contribution in [1.82, 2.24) is 4.90 Å². The van der Waals surface area contributed by atoms with E-state index < -0.39 is 0 Å². The van der Waals surface area contributed by atoms with Crippen molar-refractivity contribution in [2.45, 2.75) is 232 Å². The van der Waals surface area contributed by atoms with Gasteiger partial charge >= 0.3 is 0 Å². The highest BCUT2D eigenvalue weighted by molar-refractivity contribution is 4.81. The Morgan fingerprint density at radius 2 is 0.804 bits per heavy atom. The maximum atomic E-state index is 6.31. The molecule has 1 aliphatic rings. The molecule has 1 heterocycles. The number of ether oxygens (including phenoxy) is 2. The van der Waals surface area contributed by atoms with Crippen LogP contribution in [0.4, 0.5) is 0 Å². The standard InChI is InChI=1S/C43H85NO2/c1-3-5-7-9-11-13-15-17-19-20-21-22-24-26-28-30-32-37-43(46-42-36-40-44-38-33-34-39-44)45-41-35-31-29-27-25-23-18-16-14-12-10-8-6-4-2/h17,19,43H,3-16,18,20-42H2,1-2H3. The molecular formula is C43H85NO2. The molecule has 46 heavy (non-hydrogen) atoms. The summed E-state index contributed by atoms with van der Waals surface area (Å²) in [5.74, 6) is 0. The third-order valence-corrected chi connectivity index (χ3v) is 10.1. The van der Waals surface area contributed by atoms with Gasteiger partial charge in [0.25, 0.3) is 0 Å². The Hall–Kier alpha value is -0.380. The second-order valence-corrected chi connectivity index (χ2v) is 14.7. The number of allylic oxidation sites excluding steroid dienone is 2. The molecule has 1 rings (SSSR count). The van der Waals surface area contributed by atoms with Crippen LogP contribution in [0, 0.1) is 0 Å². The molecule has 1 aliphatic heterocycles. The van der Waals surface area contributed by atoms with Crippen molar-refractivity contribution in [3.05, 3.63) is 12.2 Å². The minimum Gasteiger partial charge on any atom is -0.353 e. The number of nitrogens with zero attached hydrogens (tertiary/aromatic N) is 1. The summed E-state index contributed by atoms with van der Waals surface area (Å²) in [7, 11) is 0. The molecular weight excluding hydrogens is 562 g/mol. The van der Waals surface area contributed by atoms with Crippen LogP contribution in [-0.2, 0) is 9.47 Å². The minimum absolute atomic E-state index is 0.0173. The summed E-state index contributed by atoms with van der Waals surface area (Å²) in [6.07, 6.45) is 50.0. The fourth-order valence-corrected chi connectivity index (χ4v) is 6.97. The summed E-state index contributed by atoms with van der Waals surface area (Å²) >= 11 is 0. The zero-order valence-electron chi connectivity index (χ0n) is 31.9. The number of hydrogen-bond acceptors (Lipinski definition) is 3. The second kappa shape index (κ2) is 37.4. The van der Waals surface area contributed by atoms with Gasteiger partial charge in [-0.15, -0.1) is 0 Å². The predicted molar refractivity (Wildman–Crippen MR) is 205 cm³/mol. The molecule has 0 aromatic rings. The van der Waals surface area contributed by atoms with E-state index in [0.29, 0.717) is 0 Å². The molecule has 0 radical (unpaired) electrons. The van der Waals surface area contributed by atoms with Gasteiger partial charge in [0.2, 0.25) is 0 Å². The van der Waals surface area contributed by atoms with E-state index in [1.165, 1.54) is 219 Å². The highest BCUT2D eigenvalue weighted by Gasteiger charge is 2.13. The maximum Gasteiger partial charge on any atom is 0.157 e. The van der Waals surface area contributed by atoms with Crippen LogP contribution in [0.25, 0.3) is 0 Å². The van der Waals surface area contributed by atoms with Gasteiger partial charge < -0.3 is 14.4 Å². The van der Waals surface area contributed by atoms with E-state index in [-0.39, 0.29) is 6.29 Å². The summed E-state index contributed by atoms with van der Waals surface area (Å²) in [6.45, 7) is 10.1. The first-order valence-electron chi connectivity index (χ1n) is 21.5. The number of rotatable bonds is 38. The average Bonchev–Trinajstić information content (AvgIpc) is 3.59. The van der Waals surface area contributed by atoms with Crippen LogP contribution in [0.1, 0.15) is 226 Å². The largest absolute Gasteiger partial charge is 0.353 e. The molecule has 0 N–H and O–H groups in total. The van der Waals surface area contributed by atoms with Crippen molar-refractivity contribution >= 4 is 0 Å². The lowest BCUT2D eigenvalue weighted by Gasteiger charge is -2.20. The van der Waals surface area contributed by atoms with Crippen molar-refractivity contribution in [3.8, 4) is 0 Å². The predicted octanol–water partition coefficient (Wildman–Crippen LogP) is 14.1. The molecule has 0 spiro atoms. The van der Waals surface area contributed by atoms with Crippen molar-refractivity contribution in [2.75, 3.05) is 32.8 Å². The molecule has 1 fully saturated rings. The lowest BCUT2D eigenvalue weighted by atomic mass is 10.0. The van der Waals surface area contributed by atoms with Crippen LogP contribution in [0.15, 0.2) is 12.2 Å². The van der Waals surface area contributed by atoms with E-state index in [2.05, 4.69) is 30.9 Å². The molecule has 1 saturated heterocycles. The monoisotopic (exact) mass is 648 g/mol. The van der Waals surface area contributed by atoms with Gasteiger partial charge in [-0.3, -0.25) is 0 Å². The first-order chi connectivity index (χ1) is 22.9. The highest BCUT2D eigenvalue weighted by atomic mass is 16.7. The fraction of sp³-hybridized carbons (Fsp3) is 0.953. The van der Waals surface area contributed by atoms with Gasteiger partial charge in [-0.1, -0.05) is 174 Å². The minimum atomic E-state index is 0.0173. The topological polar surface area (TPSA) is 21.7 Å². The quantitative estimate of drug-likeness (QED) is 0.0378. The lowest BCUT2D eigenvalue weighted by Crippen LogP contribution is -2.24. The molecule has 0 aliphatic carbocycles. The third kappa shape index (κ3) is 32.2. The summed E-state index contributed by atoms with van der Waals surface area (Å²) in [5, 5.41) is 0. The van der Waals surface area contributed by atoms with Crippen LogP contribution in [0.2, 0.25) is 0 Å². The Morgan fingerprint density at radius 1 is 0.435 bits per heavy atom. The van der Waals surface area contributed by atoms with E-state index in [1.54, 1.807) is 0 Å². The summed E-state index contributed by atoms with van der Waals surface area (Å²) in [4.78, 5) is 2.60. The Kier molecular flexibility index (Phi) is 35.5. The maximum absolute atomic E-state index is 6.31. The van der Waals surface area contributed by atoms with E-state index in [0.717, 1.165) is 26.1 Å². The van der Waals surface area contributed by atoms with Gasteiger partial charge in [0.15, 0.2) is 6.29 Å². The Bertz CT molecular complexity index is 587. The van der Waals surface area contributed by atoms with E-state index in [4.69, 9.17) is 9.47 Å². The highest BCUT2D eigenvalue weighted by Crippen LogP contribution is 2.16.